The third kappa shape index (κ3) is 3.13. The molecule has 0 amide bonds. The summed E-state index contributed by atoms with van der Waals surface area (Å²) in [7, 11) is 1.25. The van der Waals surface area contributed by atoms with Crippen molar-refractivity contribution in [3.63, 3.8) is 0 Å². The molecule has 1 heterocycles. The predicted molar refractivity (Wildman–Crippen MR) is 60.7 cm³/mol. The number of aryl methyl sites for hydroxylation is 1. The van der Waals surface area contributed by atoms with Gasteiger partial charge >= 0.3 is 11.7 Å². The normalized spacial score (nSPS) is 11.7. The summed E-state index contributed by atoms with van der Waals surface area (Å²) in [6.07, 6.45) is 0. The number of aromatic nitrogens is 1. The number of anilines is 1. The number of methoxy groups -OCH3 is 1. The van der Waals surface area contributed by atoms with Crippen LogP contribution in [0.3, 0.4) is 0 Å². The van der Waals surface area contributed by atoms with Gasteiger partial charge in [-0.1, -0.05) is 0 Å². The van der Waals surface area contributed by atoms with Gasteiger partial charge in [0.05, 0.1) is 12.0 Å². The molecule has 1 atom stereocenters. The Balaban J connectivity index is 3.00. The highest BCUT2D eigenvalue weighted by Crippen LogP contribution is 2.22. The van der Waals surface area contributed by atoms with Crippen molar-refractivity contribution in [3.8, 4) is 0 Å². The zero-order chi connectivity index (χ0) is 13.0. The minimum Gasteiger partial charge on any atom is -0.467 e. The summed E-state index contributed by atoms with van der Waals surface area (Å²) in [6.45, 7) is 3.25. The SMILES string of the molecule is COC(=O)C(C)Nc1nc(C)ccc1[N+](=O)[O-]. The molecule has 0 aromatic carbocycles. The van der Waals surface area contributed by atoms with Crippen LogP contribution in [0.4, 0.5) is 11.5 Å². The lowest BCUT2D eigenvalue weighted by atomic mass is 10.3. The molecule has 0 spiro atoms. The molecule has 1 unspecified atom stereocenters. The number of nitrogens with zero attached hydrogens (tertiary/aromatic N) is 2. The molecule has 7 nitrogen and oxygen atoms in total. The van der Waals surface area contributed by atoms with Gasteiger partial charge in [-0.15, -0.1) is 0 Å². The molecular weight excluding hydrogens is 226 g/mol. The van der Waals surface area contributed by atoms with Crippen molar-refractivity contribution < 1.29 is 14.5 Å². The lowest BCUT2D eigenvalue weighted by molar-refractivity contribution is -0.384. The van der Waals surface area contributed by atoms with Crippen LogP contribution in [-0.2, 0) is 9.53 Å². The van der Waals surface area contributed by atoms with Gasteiger partial charge < -0.3 is 10.1 Å². The van der Waals surface area contributed by atoms with Gasteiger partial charge in [-0.25, -0.2) is 9.78 Å². The monoisotopic (exact) mass is 239 g/mol. The smallest absolute Gasteiger partial charge is 0.328 e. The molecule has 0 saturated heterocycles. The highest BCUT2D eigenvalue weighted by atomic mass is 16.6. The van der Waals surface area contributed by atoms with Crippen molar-refractivity contribution in [2.24, 2.45) is 0 Å². The maximum Gasteiger partial charge on any atom is 0.328 e. The number of rotatable bonds is 4. The van der Waals surface area contributed by atoms with Gasteiger partial charge in [0, 0.05) is 11.8 Å². The van der Waals surface area contributed by atoms with E-state index in [1.54, 1.807) is 13.8 Å². The van der Waals surface area contributed by atoms with E-state index in [9.17, 15) is 14.9 Å². The Morgan fingerprint density at radius 2 is 2.24 bits per heavy atom. The largest absolute Gasteiger partial charge is 0.467 e. The number of ether oxygens (including phenoxy) is 1. The van der Waals surface area contributed by atoms with Crippen LogP contribution in [0.2, 0.25) is 0 Å². The molecule has 0 radical (unpaired) electrons. The van der Waals surface area contributed by atoms with Crippen LogP contribution < -0.4 is 5.32 Å². The highest BCUT2D eigenvalue weighted by Gasteiger charge is 2.20. The predicted octanol–water partition coefficient (Wildman–Crippen LogP) is 1.27. The van der Waals surface area contributed by atoms with E-state index in [-0.39, 0.29) is 11.5 Å². The van der Waals surface area contributed by atoms with E-state index in [1.807, 2.05) is 0 Å². The van der Waals surface area contributed by atoms with Crippen molar-refractivity contribution in [2.45, 2.75) is 19.9 Å². The molecule has 0 aliphatic rings. The van der Waals surface area contributed by atoms with Crippen LogP contribution in [0.25, 0.3) is 0 Å². The summed E-state index contributed by atoms with van der Waals surface area (Å²) in [6, 6.07) is 2.17. The number of carbonyl (C=O) groups excluding carboxylic acids is 1. The van der Waals surface area contributed by atoms with Crippen LogP contribution in [0.1, 0.15) is 12.6 Å². The lowest BCUT2D eigenvalue weighted by Gasteiger charge is -2.12. The number of carbonyl (C=O) groups is 1. The molecule has 1 aromatic rings. The molecule has 0 saturated carbocycles. The minimum atomic E-state index is -0.701. The highest BCUT2D eigenvalue weighted by molar-refractivity contribution is 5.79. The minimum absolute atomic E-state index is 0.0629. The number of nitro groups is 1. The van der Waals surface area contributed by atoms with E-state index in [1.165, 1.54) is 19.2 Å². The zero-order valence-electron chi connectivity index (χ0n) is 9.76. The van der Waals surface area contributed by atoms with Crippen molar-refractivity contribution in [3.05, 3.63) is 27.9 Å². The van der Waals surface area contributed by atoms with E-state index < -0.39 is 16.9 Å². The van der Waals surface area contributed by atoms with Gasteiger partial charge in [0.25, 0.3) is 0 Å². The zero-order valence-corrected chi connectivity index (χ0v) is 9.76. The van der Waals surface area contributed by atoms with Gasteiger partial charge in [0.15, 0.2) is 0 Å². The summed E-state index contributed by atoms with van der Waals surface area (Å²) < 4.78 is 4.52. The Hall–Kier alpha value is -2.18. The number of esters is 1. The average Bonchev–Trinajstić information content (AvgIpc) is 2.27. The van der Waals surface area contributed by atoms with E-state index >= 15 is 0 Å². The molecule has 7 heteroatoms. The Bertz CT molecular complexity index is 447. The first kappa shape index (κ1) is 12.9. The second-order valence-electron chi connectivity index (χ2n) is 3.47. The molecular formula is C10H13N3O4. The number of nitrogens with one attached hydrogen (secondary N) is 1. The Morgan fingerprint density at radius 3 is 2.76 bits per heavy atom. The summed E-state index contributed by atoms with van der Waals surface area (Å²) in [5.74, 6) is -0.449. The van der Waals surface area contributed by atoms with Crippen molar-refractivity contribution >= 4 is 17.5 Å². The quantitative estimate of drug-likeness (QED) is 0.483. The first-order valence-corrected chi connectivity index (χ1v) is 4.92. The third-order valence-corrected chi connectivity index (χ3v) is 2.12. The van der Waals surface area contributed by atoms with Crippen LogP contribution in [-0.4, -0.2) is 29.0 Å². The number of hydrogen-bond acceptors (Lipinski definition) is 6. The summed E-state index contributed by atoms with van der Waals surface area (Å²) in [5, 5.41) is 13.4. The van der Waals surface area contributed by atoms with Gasteiger partial charge in [-0.3, -0.25) is 10.1 Å². The molecule has 92 valence electrons. The second-order valence-corrected chi connectivity index (χ2v) is 3.47. The van der Waals surface area contributed by atoms with Gasteiger partial charge in [0.2, 0.25) is 5.82 Å². The summed E-state index contributed by atoms with van der Waals surface area (Å²) >= 11 is 0. The number of pyridine rings is 1. The Labute approximate surface area is 98.0 Å². The number of hydrogen-bond donors (Lipinski definition) is 1. The topological polar surface area (TPSA) is 94.4 Å². The second kappa shape index (κ2) is 5.24. The third-order valence-electron chi connectivity index (χ3n) is 2.12. The fourth-order valence-electron chi connectivity index (χ4n) is 1.24. The first-order chi connectivity index (χ1) is 7.95. The average molecular weight is 239 g/mol. The standard InChI is InChI=1S/C10H13N3O4/c1-6-4-5-8(13(15)16)9(11-6)12-7(2)10(14)17-3/h4-5,7H,1-3H3,(H,11,12). The molecule has 0 aliphatic carbocycles. The molecule has 1 N–H and O–H groups in total. The summed E-state index contributed by atoms with van der Waals surface area (Å²) in [4.78, 5) is 25.4. The Morgan fingerprint density at radius 1 is 1.59 bits per heavy atom. The first-order valence-electron chi connectivity index (χ1n) is 4.92. The van der Waals surface area contributed by atoms with E-state index in [2.05, 4.69) is 15.0 Å². The van der Waals surface area contributed by atoms with Crippen LogP contribution in [0.5, 0.6) is 0 Å². The summed E-state index contributed by atoms with van der Waals surface area (Å²) in [5.41, 5.74) is 0.446. The fourth-order valence-corrected chi connectivity index (χ4v) is 1.24. The molecule has 17 heavy (non-hydrogen) atoms. The molecule has 0 fully saturated rings. The van der Waals surface area contributed by atoms with Gasteiger partial charge in [-0.2, -0.15) is 0 Å². The van der Waals surface area contributed by atoms with Crippen molar-refractivity contribution in [1.82, 2.24) is 4.98 Å². The van der Waals surface area contributed by atoms with E-state index in [4.69, 9.17) is 0 Å². The van der Waals surface area contributed by atoms with Gasteiger partial charge in [-0.05, 0) is 19.9 Å². The van der Waals surface area contributed by atoms with Crippen LogP contribution >= 0.6 is 0 Å². The fraction of sp³-hybridized carbons (Fsp3) is 0.400. The van der Waals surface area contributed by atoms with Gasteiger partial charge in [0.1, 0.15) is 6.04 Å². The van der Waals surface area contributed by atoms with E-state index in [0.717, 1.165) is 0 Å². The Kier molecular flexibility index (Phi) is 3.97. The van der Waals surface area contributed by atoms with E-state index in [0.29, 0.717) is 5.69 Å². The maximum absolute atomic E-state index is 11.2. The maximum atomic E-state index is 11.2. The molecule has 0 bridgehead atoms. The molecule has 1 rings (SSSR count). The molecule has 1 aromatic heterocycles. The van der Waals surface area contributed by atoms with Crippen LogP contribution in [0, 0.1) is 17.0 Å². The van der Waals surface area contributed by atoms with Crippen molar-refractivity contribution in [2.75, 3.05) is 12.4 Å². The van der Waals surface area contributed by atoms with Crippen LogP contribution in [0.15, 0.2) is 12.1 Å². The van der Waals surface area contributed by atoms with Crippen molar-refractivity contribution in [1.29, 1.82) is 0 Å². The lowest BCUT2D eigenvalue weighted by Crippen LogP contribution is -2.28. The molecule has 0 aliphatic heterocycles.